The fraction of sp³-hybridized carbons (Fsp3) is 0.136. The molecule has 0 saturated heterocycles. The normalized spacial score (nSPS) is 13.6. The van der Waals surface area contributed by atoms with Crippen molar-refractivity contribution in [3.8, 4) is 5.75 Å². The van der Waals surface area contributed by atoms with Crippen molar-refractivity contribution in [1.29, 1.82) is 0 Å². The van der Waals surface area contributed by atoms with Crippen LogP contribution in [0.15, 0.2) is 65.8 Å². The molecule has 0 aromatic heterocycles. The molecule has 1 aliphatic heterocycles. The predicted molar refractivity (Wildman–Crippen MR) is 104 cm³/mol. The minimum atomic E-state index is -0.413. The summed E-state index contributed by atoms with van der Waals surface area (Å²) in [5.41, 5.74) is 1.75. The number of rotatable bonds is 5. The van der Waals surface area contributed by atoms with Crippen molar-refractivity contribution in [3.05, 3.63) is 77.4 Å². The van der Waals surface area contributed by atoms with Crippen molar-refractivity contribution in [1.82, 2.24) is 5.01 Å². The molecule has 27 heavy (non-hydrogen) atoms. The predicted octanol–water partition coefficient (Wildman–Crippen LogP) is 4.26. The first-order chi connectivity index (χ1) is 13.2. The molecule has 1 heterocycles. The van der Waals surface area contributed by atoms with Gasteiger partial charge in [-0.1, -0.05) is 31.2 Å². The summed E-state index contributed by atoms with van der Waals surface area (Å²) < 4.78 is 5.55. The molecule has 0 saturated carbocycles. The molecule has 0 spiro atoms. The van der Waals surface area contributed by atoms with Crippen LogP contribution in [-0.4, -0.2) is 29.6 Å². The van der Waals surface area contributed by atoms with E-state index >= 15 is 0 Å². The smallest absolute Gasteiger partial charge is 0.282 e. The van der Waals surface area contributed by atoms with Crippen LogP contribution in [0.3, 0.4) is 0 Å². The van der Waals surface area contributed by atoms with E-state index in [9.17, 15) is 9.59 Å². The highest BCUT2D eigenvalue weighted by molar-refractivity contribution is 6.25. The molecule has 1 aliphatic rings. The number of hydrogen-bond acceptors (Lipinski definition) is 4. The third-order valence-corrected chi connectivity index (χ3v) is 4.43. The van der Waals surface area contributed by atoms with E-state index in [4.69, 9.17) is 4.74 Å². The highest BCUT2D eigenvalue weighted by atomic mass is 16.5. The summed E-state index contributed by atoms with van der Waals surface area (Å²) in [5.74, 6) is -0.0494. The molecule has 0 N–H and O–H groups in total. The van der Waals surface area contributed by atoms with Crippen LogP contribution >= 0.6 is 0 Å². The fourth-order valence-corrected chi connectivity index (χ4v) is 3.12. The number of hydrazone groups is 1. The van der Waals surface area contributed by atoms with Gasteiger partial charge in [-0.05, 0) is 53.8 Å². The van der Waals surface area contributed by atoms with Gasteiger partial charge in [0.2, 0.25) is 0 Å². The summed E-state index contributed by atoms with van der Waals surface area (Å²) in [4.78, 5) is 25.6. The average Bonchev–Trinajstić information content (AvgIpc) is 2.71. The zero-order chi connectivity index (χ0) is 18.8. The zero-order valence-electron chi connectivity index (χ0n) is 14.9. The summed E-state index contributed by atoms with van der Waals surface area (Å²) in [6.45, 7) is 2.71. The largest absolute Gasteiger partial charge is 0.494 e. The van der Waals surface area contributed by atoms with Crippen molar-refractivity contribution in [3.63, 3.8) is 0 Å². The van der Waals surface area contributed by atoms with Gasteiger partial charge in [0.25, 0.3) is 11.8 Å². The van der Waals surface area contributed by atoms with E-state index in [0.29, 0.717) is 23.1 Å². The quantitative estimate of drug-likeness (QED) is 0.506. The molecule has 3 aromatic carbocycles. The lowest BCUT2D eigenvalue weighted by Gasteiger charge is -2.22. The third kappa shape index (κ3) is 3.08. The molecule has 0 radical (unpaired) electrons. The second kappa shape index (κ2) is 7.03. The van der Waals surface area contributed by atoms with Crippen LogP contribution in [0.25, 0.3) is 10.8 Å². The van der Waals surface area contributed by atoms with Crippen molar-refractivity contribution >= 4 is 28.8 Å². The van der Waals surface area contributed by atoms with Gasteiger partial charge in [0.15, 0.2) is 0 Å². The number of ether oxygens (including phenoxy) is 1. The second-order valence-corrected chi connectivity index (χ2v) is 6.29. The molecule has 0 fully saturated rings. The van der Waals surface area contributed by atoms with Crippen LogP contribution in [0.5, 0.6) is 5.75 Å². The molecule has 0 aliphatic carbocycles. The molecule has 0 atom stereocenters. The number of carbonyl (C=O) groups excluding carboxylic acids is 2. The van der Waals surface area contributed by atoms with Crippen molar-refractivity contribution in [2.24, 2.45) is 5.10 Å². The van der Waals surface area contributed by atoms with E-state index in [-0.39, 0.29) is 0 Å². The van der Waals surface area contributed by atoms with Gasteiger partial charge in [-0.3, -0.25) is 9.59 Å². The fourth-order valence-electron chi connectivity index (χ4n) is 3.12. The van der Waals surface area contributed by atoms with Gasteiger partial charge in [0, 0.05) is 5.39 Å². The van der Waals surface area contributed by atoms with Crippen molar-refractivity contribution in [2.75, 3.05) is 6.61 Å². The zero-order valence-corrected chi connectivity index (χ0v) is 14.9. The first-order valence-electron chi connectivity index (χ1n) is 8.86. The van der Waals surface area contributed by atoms with E-state index in [0.717, 1.165) is 28.1 Å². The highest BCUT2D eigenvalue weighted by Gasteiger charge is 2.32. The topological polar surface area (TPSA) is 59.0 Å². The Balaban J connectivity index is 1.62. The van der Waals surface area contributed by atoms with Crippen molar-refractivity contribution < 1.29 is 14.3 Å². The first kappa shape index (κ1) is 17.0. The van der Waals surface area contributed by atoms with Crippen LogP contribution in [0, 0.1) is 0 Å². The third-order valence-electron chi connectivity index (χ3n) is 4.43. The van der Waals surface area contributed by atoms with Crippen LogP contribution in [0.1, 0.15) is 39.6 Å². The molecule has 4 rings (SSSR count). The highest BCUT2D eigenvalue weighted by Crippen LogP contribution is 2.30. The maximum atomic E-state index is 12.8. The SMILES string of the molecule is CCCOc1ccc(/C=N\N2C(=O)c3cccc4cccc(c34)C2=O)cc1. The molecule has 0 bridgehead atoms. The number of hydrogen-bond donors (Lipinski definition) is 0. The second-order valence-electron chi connectivity index (χ2n) is 6.29. The lowest BCUT2D eigenvalue weighted by atomic mass is 9.95. The van der Waals surface area contributed by atoms with Crippen molar-refractivity contribution in [2.45, 2.75) is 13.3 Å². The number of imide groups is 1. The Morgan fingerprint density at radius 2 is 1.56 bits per heavy atom. The summed E-state index contributed by atoms with van der Waals surface area (Å²) in [7, 11) is 0. The summed E-state index contributed by atoms with van der Waals surface area (Å²) in [6.07, 6.45) is 2.45. The van der Waals surface area contributed by atoms with Gasteiger partial charge in [-0.15, -0.1) is 0 Å². The van der Waals surface area contributed by atoms with Gasteiger partial charge >= 0.3 is 0 Å². The van der Waals surface area contributed by atoms with Gasteiger partial charge in [0.05, 0.1) is 23.9 Å². The molecule has 3 aromatic rings. The van der Waals surface area contributed by atoms with E-state index in [1.807, 2.05) is 55.5 Å². The molecule has 5 heteroatoms. The standard InChI is InChI=1S/C22H18N2O3/c1-2-13-27-17-11-9-15(10-12-17)14-23-24-21(25)18-7-3-5-16-6-4-8-19(20(16)18)22(24)26/h3-12,14H,2,13H2,1H3/b23-14-. The molecular formula is C22H18N2O3. The van der Waals surface area contributed by atoms with Gasteiger partial charge < -0.3 is 4.74 Å². The summed E-state index contributed by atoms with van der Waals surface area (Å²) in [6, 6.07) is 18.2. The lowest BCUT2D eigenvalue weighted by Crippen LogP contribution is -2.36. The molecular weight excluding hydrogens is 340 g/mol. The molecule has 2 amide bonds. The number of nitrogens with zero attached hydrogens (tertiary/aromatic N) is 2. The molecule has 134 valence electrons. The lowest BCUT2D eigenvalue weighted by molar-refractivity contribution is 0.0616. The Labute approximate surface area is 156 Å². The Morgan fingerprint density at radius 1 is 0.926 bits per heavy atom. The van der Waals surface area contributed by atoms with Crippen LogP contribution in [0.4, 0.5) is 0 Å². The van der Waals surface area contributed by atoms with Crippen LogP contribution < -0.4 is 4.74 Å². The average molecular weight is 358 g/mol. The molecule has 0 unspecified atom stereocenters. The monoisotopic (exact) mass is 358 g/mol. The van der Waals surface area contributed by atoms with Gasteiger partial charge in [0.1, 0.15) is 5.75 Å². The Kier molecular flexibility index (Phi) is 4.42. The van der Waals surface area contributed by atoms with Gasteiger partial charge in [-0.25, -0.2) is 0 Å². The number of benzene rings is 3. The Morgan fingerprint density at radius 3 is 2.15 bits per heavy atom. The van der Waals surface area contributed by atoms with Crippen LogP contribution in [-0.2, 0) is 0 Å². The van der Waals surface area contributed by atoms with Crippen LogP contribution in [0.2, 0.25) is 0 Å². The van der Waals surface area contributed by atoms with Gasteiger partial charge in [-0.2, -0.15) is 10.1 Å². The van der Waals surface area contributed by atoms with E-state index in [2.05, 4.69) is 5.10 Å². The maximum Gasteiger partial charge on any atom is 0.282 e. The Bertz CT molecular complexity index is 1000. The van der Waals surface area contributed by atoms with E-state index in [1.165, 1.54) is 6.21 Å². The Hall–Kier alpha value is -3.47. The minimum absolute atomic E-state index is 0.413. The van der Waals surface area contributed by atoms with E-state index < -0.39 is 11.8 Å². The number of carbonyl (C=O) groups is 2. The molecule has 5 nitrogen and oxygen atoms in total. The van der Waals surface area contributed by atoms with E-state index in [1.54, 1.807) is 12.1 Å². The minimum Gasteiger partial charge on any atom is -0.494 e. The summed E-state index contributed by atoms with van der Waals surface area (Å²) in [5, 5.41) is 6.66. The number of amides is 2. The maximum absolute atomic E-state index is 12.8. The first-order valence-corrected chi connectivity index (χ1v) is 8.86. The summed E-state index contributed by atoms with van der Waals surface area (Å²) >= 11 is 0.